The summed E-state index contributed by atoms with van der Waals surface area (Å²) in [5.41, 5.74) is 4.59. The highest BCUT2D eigenvalue weighted by Gasteiger charge is 2.65. The summed E-state index contributed by atoms with van der Waals surface area (Å²) in [6.07, 6.45) is -6.47. The zero-order valence-electron chi connectivity index (χ0n) is 43.0. The zero-order valence-corrected chi connectivity index (χ0v) is 44.9. The van der Waals surface area contributed by atoms with E-state index < -0.39 is 69.1 Å². The second kappa shape index (κ2) is 24.9. The van der Waals surface area contributed by atoms with E-state index in [2.05, 4.69) is 114 Å². The Kier molecular flexibility index (Phi) is 18.2. The number of thioether (sulfide) groups is 1. The Morgan fingerprint density at radius 1 is 0.466 bits per heavy atom. The van der Waals surface area contributed by atoms with E-state index in [1.54, 1.807) is 11.8 Å². The molecule has 0 aromatic heterocycles. The van der Waals surface area contributed by atoms with Gasteiger partial charge in [-0.05, 0) is 39.9 Å². The summed E-state index contributed by atoms with van der Waals surface area (Å²) in [5, 5.41) is -0.729. The molecular formula is C61H72O10SSi. The Hall–Kier alpha value is -4.51. The van der Waals surface area contributed by atoms with Crippen LogP contribution in [0.15, 0.2) is 187 Å². The molecule has 0 N–H and O–H groups in total. The minimum Gasteiger partial charge on any atom is -0.391 e. The van der Waals surface area contributed by atoms with E-state index in [1.807, 2.05) is 109 Å². The monoisotopic (exact) mass is 1020 g/mol. The van der Waals surface area contributed by atoms with Gasteiger partial charge >= 0.3 is 8.56 Å². The van der Waals surface area contributed by atoms with Crippen molar-refractivity contribution in [3.63, 3.8) is 0 Å². The third-order valence-electron chi connectivity index (χ3n) is 13.7. The number of rotatable bonds is 20. The Labute approximate surface area is 438 Å². The fourth-order valence-electron chi connectivity index (χ4n) is 10.3. The van der Waals surface area contributed by atoms with Gasteiger partial charge in [0.1, 0.15) is 54.3 Å². The molecule has 386 valence electrons. The lowest BCUT2D eigenvalue weighted by atomic mass is 9.96. The van der Waals surface area contributed by atoms with Gasteiger partial charge in [-0.15, -0.1) is 0 Å². The average molecular weight is 1030 g/mol. The van der Waals surface area contributed by atoms with Gasteiger partial charge in [-0.2, -0.15) is 0 Å². The first-order valence-electron chi connectivity index (χ1n) is 25.7. The van der Waals surface area contributed by atoms with Crippen LogP contribution < -0.4 is 0 Å². The minimum absolute atomic E-state index is 0.184. The van der Waals surface area contributed by atoms with Crippen LogP contribution in [0.3, 0.4) is 0 Å². The van der Waals surface area contributed by atoms with Gasteiger partial charge in [-0.3, -0.25) is 0 Å². The molecule has 9 rings (SSSR count). The highest BCUT2D eigenvalue weighted by atomic mass is 32.2. The molecule has 3 aliphatic rings. The van der Waals surface area contributed by atoms with Gasteiger partial charge in [-0.25, -0.2) is 0 Å². The van der Waals surface area contributed by atoms with E-state index in [4.69, 9.17) is 46.7 Å². The molecule has 3 fully saturated rings. The van der Waals surface area contributed by atoms with E-state index in [0.717, 1.165) is 32.7 Å². The van der Waals surface area contributed by atoms with Crippen LogP contribution in [-0.4, -0.2) is 82.3 Å². The second-order valence-corrected chi connectivity index (χ2v) is 27.1. The van der Waals surface area contributed by atoms with E-state index in [9.17, 15) is 0 Å². The first kappa shape index (κ1) is 53.3. The molecule has 10 atom stereocenters. The lowest BCUT2D eigenvalue weighted by molar-refractivity contribution is -0.348. The molecule has 3 saturated heterocycles. The molecule has 12 heteroatoms. The van der Waals surface area contributed by atoms with Crippen molar-refractivity contribution in [3.05, 3.63) is 210 Å². The van der Waals surface area contributed by atoms with Crippen molar-refractivity contribution < 1.29 is 46.7 Å². The number of fused-ring (bicyclic) bond motifs is 2. The van der Waals surface area contributed by atoms with Crippen LogP contribution in [0.5, 0.6) is 0 Å². The summed E-state index contributed by atoms with van der Waals surface area (Å²) in [5.74, 6) is 0. The highest BCUT2D eigenvalue weighted by molar-refractivity contribution is 7.99. The van der Waals surface area contributed by atoms with Crippen molar-refractivity contribution in [2.45, 2.75) is 150 Å². The average Bonchev–Trinajstić information content (AvgIpc) is 3.52. The summed E-state index contributed by atoms with van der Waals surface area (Å²) < 4.78 is 72.5. The quantitative estimate of drug-likeness (QED) is 0.0685. The predicted molar refractivity (Wildman–Crippen MR) is 287 cm³/mol. The molecule has 6 aromatic rings. The number of hydrogen-bond donors (Lipinski definition) is 0. The van der Waals surface area contributed by atoms with Gasteiger partial charge in [0.2, 0.25) is 0 Å². The fraction of sp³-hybridized carbons (Fsp3) is 0.410. The van der Waals surface area contributed by atoms with Gasteiger partial charge in [0, 0.05) is 15.0 Å². The van der Waals surface area contributed by atoms with E-state index in [1.165, 1.54) is 0 Å². The largest absolute Gasteiger partial charge is 0.391 e. The maximum Gasteiger partial charge on any atom is 0.349 e. The van der Waals surface area contributed by atoms with Crippen molar-refractivity contribution >= 4 is 20.3 Å². The molecule has 0 aliphatic carbocycles. The molecule has 0 saturated carbocycles. The second-order valence-electron chi connectivity index (χ2n) is 21.2. The molecular weight excluding hydrogens is 953 g/mol. The molecule has 0 radical (unpaired) electrons. The van der Waals surface area contributed by atoms with Gasteiger partial charge in [-0.1, -0.05) is 223 Å². The number of hydrogen-bond acceptors (Lipinski definition) is 11. The van der Waals surface area contributed by atoms with Gasteiger partial charge in [0.25, 0.3) is 0 Å². The molecule has 6 aromatic carbocycles. The molecule has 10 nitrogen and oxygen atoms in total. The van der Waals surface area contributed by atoms with Crippen molar-refractivity contribution in [2.75, 3.05) is 13.2 Å². The first-order chi connectivity index (χ1) is 35.4. The third kappa shape index (κ3) is 13.5. The van der Waals surface area contributed by atoms with Crippen LogP contribution in [0.4, 0.5) is 0 Å². The maximum atomic E-state index is 7.78. The third-order valence-corrected chi connectivity index (χ3v) is 20.0. The normalized spacial score (nSPS) is 26.2. The SMILES string of the molecule is CC(C)(C)[Si]1(C(C)(C)C)OC[C@H]2O[C@H](O[C@H]3[C@H](OCc4ccccc4)[C@@H](OCc4ccccc4)[C@H](Sc4ccccc4)O[C@@H]3COCc3ccccc3)[C@H](OCc3ccccc3)[C@@H](O1)[C@H]2OCc1ccccc1. The van der Waals surface area contributed by atoms with E-state index in [0.29, 0.717) is 26.4 Å². The smallest absolute Gasteiger partial charge is 0.349 e. The highest BCUT2D eigenvalue weighted by Crippen LogP contribution is 2.55. The maximum absolute atomic E-state index is 7.78. The van der Waals surface area contributed by atoms with Crippen LogP contribution in [0.25, 0.3) is 0 Å². The molecule has 0 amide bonds. The van der Waals surface area contributed by atoms with Gasteiger partial charge in [0.15, 0.2) is 6.29 Å². The van der Waals surface area contributed by atoms with Crippen LogP contribution >= 0.6 is 11.8 Å². The Balaban J connectivity index is 1.14. The molecule has 3 heterocycles. The van der Waals surface area contributed by atoms with Crippen molar-refractivity contribution in [1.29, 1.82) is 0 Å². The van der Waals surface area contributed by atoms with Crippen LogP contribution in [0.2, 0.25) is 10.1 Å². The van der Waals surface area contributed by atoms with E-state index in [-0.39, 0.29) is 29.9 Å². The Morgan fingerprint density at radius 2 is 0.877 bits per heavy atom. The summed E-state index contributed by atoms with van der Waals surface area (Å²) >= 11 is 1.60. The van der Waals surface area contributed by atoms with Crippen LogP contribution in [-0.2, 0) is 79.8 Å². The first-order valence-corrected chi connectivity index (χ1v) is 28.4. The van der Waals surface area contributed by atoms with Crippen molar-refractivity contribution in [2.24, 2.45) is 0 Å². The number of ether oxygens (including phenoxy) is 8. The molecule has 2 bridgehead atoms. The summed E-state index contributed by atoms with van der Waals surface area (Å²) in [4.78, 5) is 1.03. The summed E-state index contributed by atoms with van der Waals surface area (Å²) in [6.45, 7) is 15.4. The molecule has 73 heavy (non-hydrogen) atoms. The molecule has 0 unspecified atom stereocenters. The van der Waals surface area contributed by atoms with Gasteiger partial charge < -0.3 is 46.7 Å². The standard InChI is InChI=1S/C61H72O10SSi/c1-60(2,3)73(61(4,5)6)67-43-51-52(63-38-45-27-15-8-16-28-45)55(71-73)56(65-40-47-31-19-10-20-32-47)58(68-51)70-53-50(42-62-37-44-25-13-7-14-26-44)69-59(72-49-35-23-12-24-36-49)57(66-41-48-33-21-11-22-34-48)54(53)64-39-46-29-17-9-18-30-46/h7-36,50-59H,37-43H2,1-6H3/t50-,51-,52+,53-,54+,55+,56-,57-,58-,59+/m1/s1. The van der Waals surface area contributed by atoms with Gasteiger partial charge in [0.05, 0.1) is 46.2 Å². The topological polar surface area (TPSA) is 92.3 Å². The Bertz CT molecular complexity index is 2520. The lowest BCUT2D eigenvalue weighted by Gasteiger charge is -2.52. The predicted octanol–water partition coefficient (Wildman–Crippen LogP) is 12.6. The van der Waals surface area contributed by atoms with Crippen molar-refractivity contribution in [3.8, 4) is 0 Å². The number of benzene rings is 6. The summed E-state index contributed by atoms with van der Waals surface area (Å²) in [7, 11) is -3.22. The summed E-state index contributed by atoms with van der Waals surface area (Å²) in [6, 6.07) is 61.2. The van der Waals surface area contributed by atoms with Crippen LogP contribution in [0, 0.1) is 0 Å². The minimum atomic E-state index is -3.22. The fourth-order valence-corrected chi connectivity index (χ4v) is 16.4. The lowest BCUT2D eigenvalue weighted by Crippen LogP contribution is -2.66. The van der Waals surface area contributed by atoms with E-state index >= 15 is 0 Å². The van der Waals surface area contributed by atoms with Crippen molar-refractivity contribution in [1.82, 2.24) is 0 Å². The Morgan fingerprint density at radius 3 is 1.34 bits per heavy atom. The zero-order chi connectivity index (χ0) is 50.7. The molecule has 0 spiro atoms. The molecule has 3 aliphatic heterocycles. The van der Waals surface area contributed by atoms with Crippen LogP contribution in [0.1, 0.15) is 69.4 Å².